The predicted molar refractivity (Wildman–Crippen MR) is 144 cm³/mol. The van der Waals surface area contributed by atoms with Crippen LogP contribution < -0.4 is 0 Å². The second-order valence-electron chi connectivity index (χ2n) is 9.44. The summed E-state index contributed by atoms with van der Waals surface area (Å²) in [4.78, 5) is 0. The maximum absolute atomic E-state index is 15.1. The molecule has 0 amide bonds. The van der Waals surface area contributed by atoms with Gasteiger partial charge in [-0.3, -0.25) is 0 Å². The lowest BCUT2D eigenvalue weighted by atomic mass is 9.95. The molecule has 4 aromatic rings. The summed E-state index contributed by atoms with van der Waals surface area (Å²) in [6, 6.07) is 23.1. The van der Waals surface area contributed by atoms with E-state index in [1.165, 1.54) is 36.1 Å². The number of hydrogen-bond donors (Lipinski definition) is 0. The fourth-order valence-electron chi connectivity index (χ4n) is 4.57. The van der Waals surface area contributed by atoms with E-state index in [0.29, 0.717) is 16.7 Å². The first kappa shape index (κ1) is 25.8. The first-order chi connectivity index (χ1) is 17.5. The number of aryl methyl sites for hydroxylation is 2. The van der Waals surface area contributed by atoms with Gasteiger partial charge in [0.1, 0.15) is 5.82 Å². The first-order valence-corrected chi connectivity index (χ1v) is 13.0. The van der Waals surface area contributed by atoms with Crippen LogP contribution in [0.2, 0.25) is 0 Å². The molecule has 0 aromatic heterocycles. The molecule has 0 heterocycles. The molecule has 0 saturated carbocycles. The van der Waals surface area contributed by atoms with Gasteiger partial charge in [-0.25, -0.2) is 13.2 Å². The molecule has 186 valence electrons. The van der Waals surface area contributed by atoms with Gasteiger partial charge in [-0.05, 0) is 59.6 Å². The zero-order chi connectivity index (χ0) is 25.5. The van der Waals surface area contributed by atoms with Gasteiger partial charge < -0.3 is 0 Å². The van der Waals surface area contributed by atoms with Gasteiger partial charge in [-0.1, -0.05) is 106 Å². The molecular formula is C33H33F3. The lowest BCUT2D eigenvalue weighted by Crippen LogP contribution is -1.95. The standard InChI is InChI=1S/C33H33F3/c1-3-5-7-9-24-10-14-25(15-11-24)28-19-18-27(22-31(28)34)30-21-20-29(32(35)33(30)36)26-16-12-23(13-17-26)8-6-4-2/h10-22H,3-9H2,1-2H3. The van der Waals surface area contributed by atoms with Crippen LogP contribution in [0.5, 0.6) is 0 Å². The maximum atomic E-state index is 15.1. The Hall–Kier alpha value is -3.33. The molecule has 0 bridgehead atoms. The molecule has 0 nitrogen and oxygen atoms in total. The van der Waals surface area contributed by atoms with E-state index in [9.17, 15) is 0 Å². The second-order valence-corrected chi connectivity index (χ2v) is 9.44. The van der Waals surface area contributed by atoms with E-state index >= 15 is 13.2 Å². The summed E-state index contributed by atoms with van der Waals surface area (Å²) < 4.78 is 45.2. The summed E-state index contributed by atoms with van der Waals surface area (Å²) in [5, 5.41) is 0. The maximum Gasteiger partial charge on any atom is 0.167 e. The highest BCUT2D eigenvalue weighted by Crippen LogP contribution is 2.34. The lowest BCUT2D eigenvalue weighted by molar-refractivity contribution is 0.513. The number of hydrogen-bond acceptors (Lipinski definition) is 0. The average Bonchev–Trinajstić information content (AvgIpc) is 2.90. The van der Waals surface area contributed by atoms with E-state index < -0.39 is 17.5 Å². The molecule has 0 radical (unpaired) electrons. The van der Waals surface area contributed by atoms with Crippen LogP contribution in [-0.4, -0.2) is 0 Å². The van der Waals surface area contributed by atoms with Gasteiger partial charge in [0.25, 0.3) is 0 Å². The van der Waals surface area contributed by atoms with Gasteiger partial charge in [0.05, 0.1) is 0 Å². The summed E-state index contributed by atoms with van der Waals surface area (Å²) in [5.41, 5.74) is 4.81. The Bertz CT molecular complexity index is 1290. The van der Waals surface area contributed by atoms with Crippen LogP contribution in [0.3, 0.4) is 0 Å². The fraction of sp³-hybridized carbons (Fsp3) is 0.273. The number of halogens is 3. The zero-order valence-corrected chi connectivity index (χ0v) is 21.1. The van der Waals surface area contributed by atoms with Crippen molar-refractivity contribution in [3.05, 3.63) is 107 Å². The van der Waals surface area contributed by atoms with Crippen molar-refractivity contribution >= 4 is 0 Å². The topological polar surface area (TPSA) is 0 Å². The predicted octanol–water partition coefficient (Wildman–Crippen LogP) is 10.2. The second kappa shape index (κ2) is 12.1. The summed E-state index contributed by atoms with van der Waals surface area (Å²) in [7, 11) is 0. The van der Waals surface area contributed by atoms with Crippen molar-refractivity contribution in [3.63, 3.8) is 0 Å². The Labute approximate surface area is 212 Å². The van der Waals surface area contributed by atoms with E-state index in [1.807, 2.05) is 48.5 Å². The number of rotatable bonds is 10. The Morgan fingerprint density at radius 3 is 1.44 bits per heavy atom. The van der Waals surface area contributed by atoms with Crippen LogP contribution in [-0.2, 0) is 12.8 Å². The van der Waals surface area contributed by atoms with Gasteiger partial charge in [0, 0.05) is 16.7 Å². The zero-order valence-electron chi connectivity index (χ0n) is 21.1. The fourth-order valence-corrected chi connectivity index (χ4v) is 4.57. The third-order valence-corrected chi connectivity index (χ3v) is 6.78. The van der Waals surface area contributed by atoms with Crippen LogP contribution in [0, 0.1) is 17.5 Å². The Morgan fingerprint density at radius 2 is 0.917 bits per heavy atom. The highest BCUT2D eigenvalue weighted by Gasteiger charge is 2.17. The van der Waals surface area contributed by atoms with E-state index in [2.05, 4.69) is 13.8 Å². The SMILES string of the molecule is CCCCCc1ccc(-c2ccc(-c3ccc(-c4ccc(CCCC)cc4)c(F)c3F)cc2F)cc1. The van der Waals surface area contributed by atoms with Crippen LogP contribution >= 0.6 is 0 Å². The molecule has 0 spiro atoms. The van der Waals surface area contributed by atoms with Crippen molar-refractivity contribution in [1.29, 1.82) is 0 Å². The van der Waals surface area contributed by atoms with Crippen molar-refractivity contribution in [1.82, 2.24) is 0 Å². The van der Waals surface area contributed by atoms with E-state index in [-0.39, 0.29) is 11.1 Å². The monoisotopic (exact) mass is 486 g/mol. The molecular weight excluding hydrogens is 453 g/mol. The summed E-state index contributed by atoms with van der Waals surface area (Å²) in [6.45, 7) is 4.32. The van der Waals surface area contributed by atoms with Gasteiger partial charge in [0.2, 0.25) is 0 Å². The number of unbranched alkanes of at least 4 members (excludes halogenated alkanes) is 3. The highest BCUT2D eigenvalue weighted by molar-refractivity contribution is 5.74. The summed E-state index contributed by atoms with van der Waals surface area (Å²) >= 11 is 0. The number of benzene rings is 4. The molecule has 0 unspecified atom stereocenters. The van der Waals surface area contributed by atoms with Crippen LogP contribution in [0.15, 0.2) is 78.9 Å². The molecule has 0 N–H and O–H groups in total. The summed E-state index contributed by atoms with van der Waals surface area (Å²) in [6.07, 6.45) is 7.70. The quantitative estimate of drug-likeness (QED) is 0.196. The summed E-state index contributed by atoms with van der Waals surface area (Å²) in [5.74, 6) is -2.35. The van der Waals surface area contributed by atoms with Crippen LogP contribution in [0.4, 0.5) is 13.2 Å². The molecule has 0 aliphatic rings. The Kier molecular flexibility index (Phi) is 8.64. The Balaban J connectivity index is 1.55. The average molecular weight is 487 g/mol. The highest BCUT2D eigenvalue weighted by atomic mass is 19.2. The molecule has 36 heavy (non-hydrogen) atoms. The molecule has 4 aromatic carbocycles. The minimum atomic E-state index is -0.967. The van der Waals surface area contributed by atoms with E-state index in [1.54, 1.807) is 18.2 Å². The molecule has 0 atom stereocenters. The minimum Gasteiger partial charge on any atom is -0.206 e. The van der Waals surface area contributed by atoms with Crippen LogP contribution in [0.25, 0.3) is 33.4 Å². The largest absolute Gasteiger partial charge is 0.206 e. The van der Waals surface area contributed by atoms with Gasteiger partial charge in [-0.15, -0.1) is 0 Å². The molecule has 0 saturated heterocycles. The van der Waals surface area contributed by atoms with Crippen molar-refractivity contribution < 1.29 is 13.2 Å². The van der Waals surface area contributed by atoms with Crippen molar-refractivity contribution in [2.45, 2.75) is 58.8 Å². The van der Waals surface area contributed by atoms with E-state index in [4.69, 9.17) is 0 Å². The molecule has 0 aliphatic heterocycles. The van der Waals surface area contributed by atoms with Crippen molar-refractivity contribution in [2.75, 3.05) is 0 Å². The van der Waals surface area contributed by atoms with Crippen molar-refractivity contribution in [3.8, 4) is 33.4 Å². The smallest absolute Gasteiger partial charge is 0.167 e. The molecule has 0 fully saturated rings. The Morgan fingerprint density at radius 1 is 0.472 bits per heavy atom. The van der Waals surface area contributed by atoms with Gasteiger partial charge in [0.15, 0.2) is 11.6 Å². The molecule has 3 heteroatoms. The van der Waals surface area contributed by atoms with Crippen molar-refractivity contribution in [2.24, 2.45) is 0 Å². The van der Waals surface area contributed by atoms with E-state index in [0.717, 1.165) is 37.7 Å². The van der Waals surface area contributed by atoms with Gasteiger partial charge in [-0.2, -0.15) is 0 Å². The first-order valence-electron chi connectivity index (χ1n) is 13.0. The minimum absolute atomic E-state index is 0.0486. The third-order valence-electron chi connectivity index (χ3n) is 6.78. The van der Waals surface area contributed by atoms with Crippen LogP contribution in [0.1, 0.15) is 57.1 Å². The lowest BCUT2D eigenvalue weighted by Gasteiger charge is -2.12. The normalized spacial score (nSPS) is 11.1. The molecule has 4 rings (SSSR count). The molecule has 0 aliphatic carbocycles. The third kappa shape index (κ3) is 5.90. The van der Waals surface area contributed by atoms with Gasteiger partial charge >= 0.3 is 0 Å².